The molecule has 24 heteroatoms. The van der Waals surface area contributed by atoms with Crippen LogP contribution in [0.5, 0.6) is 5.75 Å². The molecule has 14 N–H and O–H groups in total. The Hall–Kier alpha value is -6.46. The van der Waals surface area contributed by atoms with Gasteiger partial charge in [0.2, 0.25) is 65.0 Å². The molecule has 2 saturated heterocycles. The number of hydrogen-bond acceptors (Lipinski definition) is 13. The third-order valence-electron chi connectivity index (χ3n) is 11.4. The molecule has 68 heavy (non-hydrogen) atoms. The van der Waals surface area contributed by atoms with Crippen LogP contribution in [0.15, 0.2) is 24.3 Å². The SMILES string of the molecule is CC[C@H](C)[C@@H]1NC(=O)[C@H](Cc2ccc(O)cc2)NC(=O)CCSCC[C@@H](C(=O)N2CCC[C@H]2C(=O)N[C@@H](CC(C)C)C(=O)NCC(N)=O)NC(=O)[C@H](CC(N)=O)NC(=O)C(CCC(N)=O)NC1=O. The summed E-state index contributed by atoms with van der Waals surface area (Å²) in [4.78, 5) is 148. The number of carbonyl (C=O) groups is 11. The standard InChI is InChI=1S/C44H67N11O12S/c1-5-24(4)37-43(66)50-27(12-13-33(45)57)39(62)52-31(21-34(46)58)40(63)51-28(14-17-68-18-15-36(60)49-30(41(64)54-37)20-25-8-10-26(56)11-9-25)44(67)55-16-6-7-32(55)42(65)53-29(19-23(2)3)38(61)48-22-35(47)59/h8-11,23-24,27-32,37,56H,5-7,12-22H2,1-4H3,(H2,45,57)(H2,46,58)(H2,47,59)(H,48,61)(H,49,60)(H,50,66)(H,51,63)(H,52,62)(H,53,65)(H,54,64)/t24-,27?,28-,29-,30-,31-,32-,37-/m0/s1. The van der Waals surface area contributed by atoms with Crippen LogP contribution in [0, 0.1) is 11.8 Å². The zero-order valence-electron chi connectivity index (χ0n) is 38.9. The summed E-state index contributed by atoms with van der Waals surface area (Å²) in [6.45, 7) is 6.70. The predicted octanol–water partition coefficient (Wildman–Crippen LogP) is -2.80. The molecule has 0 radical (unpaired) electrons. The van der Waals surface area contributed by atoms with Gasteiger partial charge in [-0.05, 0) is 67.4 Å². The van der Waals surface area contributed by atoms with Gasteiger partial charge in [-0.15, -0.1) is 0 Å². The first-order valence-corrected chi connectivity index (χ1v) is 23.8. The number of aromatic hydroxyl groups is 1. The second-order valence-corrected chi connectivity index (χ2v) is 18.7. The predicted molar refractivity (Wildman–Crippen MR) is 248 cm³/mol. The maximum atomic E-state index is 14.5. The van der Waals surface area contributed by atoms with Gasteiger partial charge >= 0.3 is 0 Å². The van der Waals surface area contributed by atoms with E-state index in [9.17, 15) is 57.8 Å². The highest BCUT2D eigenvalue weighted by Crippen LogP contribution is 2.22. The first kappa shape index (κ1) is 55.9. The summed E-state index contributed by atoms with van der Waals surface area (Å²) in [6.07, 6.45) is -0.651. The van der Waals surface area contributed by atoms with Gasteiger partial charge in [-0.2, -0.15) is 11.8 Å². The van der Waals surface area contributed by atoms with Crippen LogP contribution >= 0.6 is 11.8 Å². The number of nitrogens with one attached hydrogen (secondary N) is 7. The molecule has 1 aromatic carbocycles. The summed E-state index contributed by atoms with van der Waals surface area (Å²) in [5.41, 5.74) is 16.7. The minimum absolute atomic E-state index is 0.0232. The molecule has 2 aliphatic heterocycles. The van der Waals surface area contributed by atoms with E-state index >= 15 is 0 Å². The van der Waals surface area contributed by atoms with Gasteiger partial charge in [-0.3, -0.25) is 52.7 Å². The van der Waals surface area contributed by atoms with Crippen LogP contribution in [-0.2, 0) is 59.2 Å². The molecule has 2 heterocycles. The maximum absolute atomic E-state index is 14.5. The van der Waals surface area contributed by atoms with Crippen LogP contribution in [0.3, 0.4) is 0 Å². The second kappa shape index (κ2) is 27.4. The van der Waals surface area contributed by atoms with Crippen LogP contribution in [0.1, 0.15) is 91.0 Å². The number of nitrogens with two attached hydrogens (primary N) is 3. The Morgan fingerprint density at radius 1 is 0.794 bits per heavy atom. The van der Waals surface area contributed by atoms with Crippen LogP contribution < -0.4 is 54.4 Å². The lowest BCUT2D eigenvalue weighted by Gasteiger charge is -2.31. The van der Waals surface area contributed by atoms with Gasteiger partial charge in [-0.1, -0.05) is 46.2 Å². The Morgan fingerprint density at radius 3 is 2.06 bits per heavy atom. The van der Waals surface area contributed by atoms with Gasteiger partial charge in [0.15, 0.2) is 0 Å². The van der Waals surface area contributed by atoms with Crippen molar-refractivity contribution in [2.45, 2.75) is 134 Å². The number of primary amides is 3. The second-order valence-electron chi connectivity index (χ2n) is 17.4. The van der Waals surface area contributed by atoms with Crippen molar-refractivity contribution in [2.24, 2.45) is 29.0 Å². The largest absolute Gasteiger partial charge is 0.508 e. The number of amides is 11. The van der Waals surface area contributed by atoms with Crippen molar-refractivity contribution in [3.8, 4) is 5.75 Å². The molecule has 0 aromatic heterocycles. The first-order valence-electron chi connectivity index (χ1n) is 22.7. The number of benzene rings is 1. The Bertz CT molecular complexity index is 2010. The molecule has 0 bridgehead atoms. The minimum Gasteiger partial charge on any atom is -0.508 e. The minimum atomic E-state index is -1.72. The highest BCUT2D eigenvalue weighted by Gasteiger charge is 2.40. The number of thioether (sulfide) groups is 1. The molecule has 1 unspecified atom stereocenters. The van der Waals surface area contributed by atoms with Crippen molar-refractivity contribution in [2.75, 3.05) is 24.6 Å². The fourth-order valence-electron chi connectivity index (χ4n) is 7.57. The smallest absolute Gasteiger partial charge is 0.245 e. The topological polar surface area (TPSA) is 374 Å². The van der Waals surface area contributed by atoms with Gasteiger partial charge in [0.1, 0.15) is 48.0 Å². The third-order valence-corrected chi connectivity index (χ3v) is 12.4. The lowest BCUT2D eigenvalue weighted by Crippen LogP contribution is -2.61. The molecule has 23 nitrogen and oxygen atoms in total. The van der Waals surface area contributed by atoms with Gasteiger partial charge < -0.3 is 64.4 Å². The Balaban J connectivity index is 2.02. The van der Waals surface area contributed by atoms with Crippen molar-refractivity contribution < 1.29 is 57.8 Å². The van der Waals surface area contributed by atoms with Crippen LogP contribution in [0.2, 0.25) is 0 Å². The van der Waals surface area contributed by atoms with Crippen molar-refractivity contribution in [3.63, 3.8) is 0 Å². The van der Waals surface area contributed by atoms with Gasteiger partial charge in [0.25, 0.3) is 0 Å². The van der Waals surface area contributed by atoms with Gasteiger partial charge in [-0.25, -0.2) is 0 Å². The molecular formula is C44H67N11O12S. The third kappa shape index (κ3) is 18.3. The number of carbonyl (C=O) groups excluding carboxylic acids is 11. The summed E-state index contributed by atoms with van der Waals surface area (Å²) < 4.78 is 0. The fourth-order valence-corrected chi connectivity index (χ4v) is 8.50. The van der Waals surface area contributed by atoms with Crippen molar-refractivity contribution in [1.29, 1.82) is 0 Å². The number of phenolic OH excluding ortho intramolecular Hbond substituents is 1. The molecule has 2 aliphatic rings. The van der Waals surface area contributed by atoms with Crippen LogP contribution in [-0.4, -0.2) is 142 Å². The first-order chi connectivity index (χ1) is 32.1. The normalized spacial score (nSPS) is 23.4. The van der Waals surface area contributed by atoms with E-state index in [0.717, 1.165) is 0 Å². The molecular weight excluding hydrogens is 907 g/mol. The molecule has 2 fully saturated rings. The van der Waals surface area contributed by atoms with Crippen LogP contribution in [0.25, 0.3) is 0 Å². The van der Waals surface area contributed by atoms with E-state index in [4.69, 9.17) is 17.2 Å². The number of phenols is 1. The summed E-state index contributed by atoms with van der Waals surface area (Å²) in [7, 11) is 0. The molecule has 8 atom stereocenters. The fraction of sp³-hybridized carbons (Fsp3) is 0.614. The molecule has 0 saturated carbocycles. The van der Waals surface area contributed by atoms with Crippen molar-refractivity contribution in [1.82, 2.24) is 42.1 Å². The quantitative estimate of drug-likeness (QED) is 0.0753. The molecule has 11 amide bonds. The zero-order chi connectivity index (χ0) is 50.7. The average Bonchev–Trinajstić information content (AvgIpc) is 3.77. The van der Waals surface area contributed by atoms with Gasteiger partial charge in [0, 0.05) is 31.6 Å². The van der Waals surface area contributed by atoms with Gasteiger partial charge in [0.05, 0.1) is 13.0 Å². The van der Waals surface area contributed by atoms with Crippen molar-refractivity contribution in [3.05, 3.63) is 29.8 Å². The molecule has 0 spiro atoms. The van der Waals surface area contributed by atoms with E-state index in [1.165, 1.54) is 28.8 Å². The Morgan fingerprint density at radius 2 is 1.44 bits per heavy atom. The maximum Gasteiger partial charge on any atom is 0.245 e. The number of rotatable bonds is 17. The summed E-state index contributed by atoms with van der Waals surface area (Å²) in [6, 6.07) is -3.35. The van der Waals surface area contributed by atoms with E-state index < -0.39 is 133 Å². The zero-order valence-corrected chi connectivity index (χ0v) is 39.7. The highest BCUT2D eigenvalue weighted by molar-refractivity contribution is 7.99. The molecule has 3 rings (SSSR count). The number of likely N-dealkylation sites (tertiary alicyclic amines) is 1. The van der Waals surface area contributed by atoms with E-state index in [0.29, 0.717) is 18.4 Å². The lowest BCUT2D eigenvalue weighted by atomic mass is 9.96. The van der Waals surface area contributed by atoms with Crippen LogP contribution in [0.4, 0.5) is 0 Å². The highest BCUT2D eigenvalue weighted by atomic mass is 32.2. The summed E-state index contributed by atoms with van der Waals surface area (Å²) in [5, 5.41) is 27.9. The Labute approximate surface area is 399 Å². The van der Waals surface area contributed by atoms with E-state index in [1.54, 1.807) is 26.0 Å². The summed E-state index contributed by atoms with van der Waals surface area (Å²) in [5.74, 6) is -9.14. The van der Waals surface area contributed by atoms with E-state index in [1.807, 2.05) is 13.8 Å². The van der Waals surface area contributed by atoms with E-state index in [-0.39, 0.29) is 68.2 Å². The van der Waals surface area contributed by atoms with Crippen molar-refractivity contribution >= 4 is 76.7 Å². The monoisotopic (exact) mass is 973 g/mol. The van der Waals surface area contributed by atoms with E-state index in [2.05, 4.69) is 37.2 Å². The average molecular weight is 974 g/mol. The number of nitrogens with zero attached hydrogens (tertiary/aromatic N) is 1. The Kier molecular flexibility index (Phi) is 22.5. The molecule has 1 aromatic rings. The summed E-state index contributed by atoms with van der Waals surface area (Å²) >= 11 is 1.23. The molecule has 376 valence electrons. The lowest BCUT2D eigenvalue weighted by molar-refractivity contribution is -0.142. The number of hydrogen-bond donors (Lipinski definition) is 11. The molecule has 0 aliphatic carbocycles.